The van der Waals surface area contributed by atoms with Gasteiger partial charge >= 0.3 is 5.97 Å². The van der Waals surface area contributed by atoms with Crippen LogP contribution in [0, 0.1) is 5.92 Å². The van der Waals surface area contributed by atoms with Gasteiger partial charge in [-0.1, -0.05) is 13.8 Å². The maximum absolute atomic E-state index is 12.7. The van der Waals surface area contributed by atoms with E-state index in [0.29, 0.717) is 13.0 Å². The van der Waals surface area contributed by atoms with Gasteiger partial charge in [0, 0.05) is 0 Å². The molecule has 12 nitrogen and oxygen atoms in total. The van der Waals surface area contributed by atoms with Crippen LogP contribution in [-0.4, -0.2) is 77.1 Å². The predicted molar refractivity (Wildman–Crippen MR) is 100 cm³/mol. The van der Waals surface area contributed by atoms with Gasteiger partial charge in [-0.05, 0) is 25.3 Å². The number of carboxylic acid groups (broad SMARTS) is 1. The number of aliphatic hydroxyl groups is 1. The molecule has 29 heavy (non-hydrogen) atoms. The standard InChI is InChI=1S/C17H29N5O7/c1-8(2)13(22-14(25)9-4-3-5-19-9)16(27)20-10(6-12(18)24)15(26)21-11(7-23)17(28)29/h8-11,13,19,23H,3-7H2,1-2H3,(H2,18,24)(H,20,27)(H,21,26)(H,22,25)(H,28,29). The number of aliphatic carboxylic acids is 1. The monoisotopic (exact) mass is 415 g/mol. The minimum Gasteiger partial charge on any atom is -0.480 e. The molecular formula is C17H29N5O7. The molecule has 8 N–H and O–H groups in total. The van der Waals surface area contributed by atoms with Gasteiger partial charge < -0.3 is 37.2 Å². The van der Waals surface area contributed by atoms with Crippen LogP contribution in [0.2, 0.25) is 0 Å². The second-order valence-electron chi connectivity index (χ2n) is 7.19. The lowest BCUT2D eigenvalue weighted by Crippen LogP contribution is -2.59. The predicted octanol–water partition coefficient (Wildman–Crippen LogP) is -3.20. The van der Waals surface area contributed by atoms with Gasteiger partial charge in [0.05, 0.1) is 19.1 Å². The van der Waals surface area contributed by atoms with E-state index in [4.69, 9.17) is 15.9 Å². The van der Waals surface area contributed by atoms with Crippen molar-refractivity contribution in [2.24, 2.45) is 11.7 Å². The second-order valence-corrected chi connectivity index (χ2v) is 7.19. The first-order valence-corrected chi connectivity index (χ1v) is 9.33. The molecule has 4 unspecified atom stereocenters. The van der Waals surface area contributed by atoms with Crippen molar-refractivity contribution in [1.82, 2.24) is 21.3 Å². The first-order chi connectivity index (χ1) is 13.6. The van der Waals surface area contributed by atoms with Gasteiger partial charge in [0.2, 0.25) is 23.6 Å². The number of aliphatic hydroxyl groups excluding tert-OH is 1. The average Bonchev–Trinajstić information content (AvgIpc) is 3.16. The number of carbonyl (C=O) groups excluding carboxylic acids is 4. The summed E-state index contributed by atoms with van der Waals surface area (Å²) in [6.07, 6.45) is 0.897. The maximum atomic E-state index is 12.7. The Bertz CT molecular complexity index is 634. The fourth-order valence-electron chi connectivity index (χ4n) is 2.83. The van der Waals surface area contributed by atoms with E-state index in [1.165, 1.54) is 0 Å². The van der Waals surface area contributed by atoms with Gasteiger partial charge in [0.1, 0.15) is 18.1 Å². The molecule has 4 amide bonds. The first-order valence-electron chi connectivity index (χ1n) is 9.33. The Morgan fingerprint density at radius 3 is 2.14 bits per heavy atom. The number of carboxylic acids is 1. The van der Waals surface area contributed by atoms with E-state index in [-0.39, 0.29) is 11.8 Å². The van der Waals surface area contributed by atoms with E-state index in [1.54, 1.807) is 13.8 Å². The zero-order valence-corrected chi connectivity index (χ0v) is 16.4. The maximum Gasteiger partial charge on any atom is 0.328 e. The highest BCUT2D eigenvalue weighted by atomic mass is 16.4. The molecule has 12 heteroatoms. The highest BCUT2D eigenvalue weighted by Crippen LogP contribution is 2.08. The molecule has 1 aliphatic rings. The molecule has 1 saturated heterocycles. The number of primary amides is 1. The van der Waals surface area contributed by atoms with E-state index in [9.17, 15) is 24.0 Å². The summed E-state index contributed by atoms with van der Waals surface area (Å²) in [4.78, 5) is 59.6. The lowest BCUT2D eigenvalue weighted by atomic mass is 10.0. The van der Waals surface area contributed by atoms with Crippen LogP contribution in [-0.2, 0) is 24.0 Å². The van der Waals surface area contributed by atoms with Crippen molar-refractivity contribution in [3.05, 3.63) is 0 Å². The highest BCUT2D eigenvalue weighted by molar-refractivity contribution is 5.96. The molecule has 1 aliphatic heterocycles. The smallest absolute Gasteiger partial charge is 0.328 e. The number of nitrogens with one attached hydrogen (secondary N) is 4. The number of amides is 4. The normalized spacial score (nSPS) is 19.1. The molecule has 0 aromatic carbocycles. The molecule has 4 atom stereocenters. The molecule has 1 fully saturated rings. The van der Waals surface area contributed by atoms with Crippen LogP contribution in [0.5, 0.6) is 0 Å². The van der Waals surface area contributed by atoms with Crippen LogP contribution in [0.1, 0.15) is 33.1 Å². The Balaban J connectivity index is 2.86. The van der Waals surface area contributed by atoms with Crippen molar-refractivity contribution < 1.29 is 34.2 Å². The van der Waals surface area contributed by atoms with Crippen LogP contribution < -0.4 is 27.0 Å². The van der Waals surface area contributed by atoms with Crippen LogP contribution in [0.4, 0.5) is 0 Å². The quantitative estimate of drug-likeness (QED) is 0.183. The number of carbonyl (C=O) groups is 5. The first kappa shape index (κ1) is 24.3. The SMILES string of the molecule is CC(C)C(NC(=O)C1CCCN1)C(=O)NC(CC(N)=O)C(=O)NC(CO)C(=O)O. The molecule has 164 valence electrons. The lowest BCUT2D eigenvalue weighted by Gasteiger charge is -2.26. The van der Waals surface area contributed by atoms with Gasteiger partial charge in [-0.2, -0.15) is 0 Å². The molecule has 0 aliphatic carbocycles. The minimum absolute atomic E-state index is 0.332. The van der Waals surface area contributed by atoms with E-state index in [0.717, 1.165) is 6.42 Å². The summed E-state index contributed by atoms with van der Waals surface area (Å²) < 4.78 is 0. The Labute approximate surface area is 168 Å². The van der Waals surface area contributed by atoms with Crippen LogP contribution in [0.25, 0.3) is 0 Å². The summed E-state index contributed by atoms with van der Waals surface area (Å²) in [5.41, 5.74) is 5.12. The largest absolute Gasteiger partial charge is 0.480 e. The second kappa shape index (κ2) is 11.3. The molecule has 0 aromatic rings. The third kappa shape index (κ3) is 7.66. The Kier molecular flexibility index (Phi) is 9.48. The Hall–Kier alpha value is -2.73. The minimum atomic E-state index is -1.61. The highest BCUT2D eigenvalue weighted by Gasteiger charge is 2.33. The third-order valence-electron chi connectivity index (χ3n) is 4.46. The molecule has 1 rings (SSSR count). The van der Waals surface area contributed by atoms with Crippen molar-refractivity contribution in [3.8, 4) is 0 Å². The van der Waals surface area contributed by atoms with E-state index in [1.807, 2.05) is 5.32 Å². The van der Waals surface area contributed by atoms with Crippen LogP contribution in [0.15, 0.2) is 0 Å². The van der Waals surface area contributed by atoms with Gasteiger partial charge in [-0.3, -0.25) is 19.2 Å². The van der Waals surface area contributed by atoms with Crippen molar-refractivity contribution in [3.63, 3.8) is 0 Å². The molecule has 1 heterocycles. The van der Waals surface area contributed by atoms with E-state index in [2.05, 4.69) is 16.0 Å². The summed E-state index contributed by atoms with van der Waals surface area (Å²) in [5.74, 6) is -4.78. The van der Waals surface area contributed by atoms with E-state index >= 15 is 0 Å². The Morgan fingerprint density at radius 1 is 1.07 bits per heavy atom. The fourth-order valence-corrected chi connectivity index (χ4v) is 2.83. The summed E-state index contributed by atoms with van der Waals surface area (Å²) in [7, 11) is 0. The van der Waals surface area contributed by atoms with Crippen molar-refractivity contribution in [2.45, 2.75) is 57.3 Å². The number of rotatable bonds is 11. The fraction of sp³-hybridized carbons (Fsp3) is 0.706. The van der Waals surface area contributed by atoms with Gasteiger partial charge in [-0.25, -0.2) is 4.79 Å². The topological polar surface area (TPSA) is 200 Å². The summed E-state index contributed by atoms with van der Waals surface area (Å²) in [6.45, 7) is 3.22. The Morgan fingerprint density at radius 2 is 1.69 bits per heavy atom. The summed E-state index contributed by atoms with van der Waals surface area (Å²) in [5, 5.41) is 28.0. The average molecular weight is 415 g/mol. The van der Waals surface area contributed by atoms with Crippen molar-refractivity contribution in [2.75, 3.05) is 13.2 Å². The zero-order valence-electron chi connectivity index (χ0n) is 16.4. The zero-order chi connectivity index (χ0) is 22.1. The molecular weight excluding hydrogens is 386 g/mol. The number of nitrogens with two attached hydrogens (primary N) is 1. The summed E-state index contributed by atoms with van der Waals surface area (Å²) in [6, 6.07) is -4.46. The van der Waals surface area contributed by atoms with Crippen molar-refractivity contribution in [1.29, 1.82) is 0 Å². The molecule has 0 bridgehead atoms. The third-order valence-corrected chi connectivity index (χ3v) is 4.46. The van der Waals surface area contributed by atoms with Gasteiger partial charge in [0.25, 0.3) is 0 Å². The van der Waals surface area contributed by atoms with Gasteiger partial charge in [0.15, 0.2) is 0 Å². The molecule has 0 saturated carbocycles. The molecule has 0 radical (unpaired) electrons. The number of hydrogen-bond acceptors (Lipinski definition) is 7. The lowest BCUT2D eigenvalue weighted by molar-refractivity contribution is -0.143. The summed E-state index contributed by atoms with van der Waals surface area (Å²) >= 11 is 0. The molecule has 0 spiro atoms. The number of hydrogen-bond donors (Lipinski definition) is 7. The van der Waals surface area contributed by atoms with Crippen molar-refractivity contribution >= 4 is 29.6 Å². The molecule has 0 aromatic heterocycles. The van der Waals surface area contributed by atoms with Crippen LogP contribution >= 0.6 is 0 Å². The van der Waals surface area contributed by atoms with Gasteiger partial charge in [-0.15, -0.1) is 0 Å². The van der Waals surface area contributed by atoms with E-state index < -0.39 is 60.9 Å². The van der Waals surface area contributed by atoms with Crippen LogP contribution in [0.3, 0.4) is 0 Å².